The average Bonchev–Trinajstić information content (AvgIpc) is 3.39. The van der Waals surface area contributed by atoms with Crippen LogP contribution in [-0.2, 0) is 14.9 Å². The Morgan fingerprint density at radius 1 is 1.14 bits per heavy atom. The number of ether oxygens (including phenoxy) is 2. The highest BCUT2D eigenvalue weighted by Crippen LogP contribution is 2.59. The van der Waals surface area contributed by atoms with Gasteiger partial charge in [0.25, 0.3) is 0 Å². The summed E-state index contributed by atoms with van der Waals surface area (Å²) in [6.07, 6.45) is 1.25. The third-order valence-electron chi connectivity index (χ3n) is 6.39. The molecule has 29 heavy (non-hydrogen) atoms. The van der Waals surface area contributed by atoms with Crippen LogP contribution in [0.15, 0.2) is 54.6 Å². The Kier molecular flexibility index (Phi) is 4.42. The standard InChI is InChI=1S/C23H24N2O4/c26-21(16-9-10-28-22(27)24-13-16)25-14-18-12-23(18,15-25)17-5-4-8-20(11-17)29-19-6-2-1-3-7-19/h1-8,11,16,18H,9-10,12-15H2,(H,24,27)/t16-,18?,23?/m1/s1. The van der Waals surface area contributed by atoms with Crippen LogP contribution in [0.2, 0.25) is 0 Å². The van der Waals surface area contributed by atoms with E-state index in [4.69, 9.17) is 9.47 Å². The summed E-state index contributed by atoms with van der Waals surface area (Å²) in [5, 5.41) is 2.67. The molecule has 2 unspecified atom stereocenters. The van der Waals surface area contributed by atoms with Crippen molar-refractivity contribution in [2.75, 3.05) is 26.2 Å². The number of carbonyl (C=O) groups is 2. The molecule has 0 spiro atoms. The van der Waals surface area contributed by atoms with E-state index in [2.05, 4.69) is 17.4 Å². The van der Waals surface area contributed by atoms with Crippen LogP contribution in [0, 0.1) is 11.8 Å². The zero-order valence-electron chi connectivity index (χ0n) is 16.2. The number of para-hydroxylation sites is 1. The summed E-state index contributed by atoms with van der Waals surface area (Å²) in [5.41, 5.74) is 1.28. The minimum atomic E-state index is -0.434. The first-order chi connectivity index (χ1) is 14.1. The predicted molar refractivity (Wildman–Crippen MR) is 107 cm³/mol. The molecule has 1 saturated carbocycles. The highest BCUT2D eigenvalue weighted by molar-refractivity contribution is 5.81. The summed E-state index contributed by atoms with van der Waals surface area (Å²) in [5.74, 6) is 2.05. The van der Waals surface area contributed by atoms with E-state index in [0.717, 1.165) is 31.0 Å². The number of cyclic esters (lactones) is 1. The number of rotatable bonds is 4. The molecule has 3 aliphatic rings. The maximum absolute atomic E-state index is 13.0. The van der Waals surface area contributed by atoms with Crippen molar-refractivity contribution in [3.63, 3.8) is 0 Å². The molecule has 0 aromatic heterocycles. The molecule has 3 fully saturated rings. The minimum Gasteiger partial charge on any atom is -0.457 e. The Balaban J connectivity index is 1.29. The van der Waals surface area contributed by atoms with Crippen molar-refractivity contribution in [3.8, 4) is 11.5 Å². The Morgan fingerprint density at radius 2 is 1.97 bits per heavy atom. The number of benzene rings is 2. The van der Waals surface area contributed by atoms with Gasteiger partial charge in [-0.1, -0.05) is 30.3 Å². The molecule has 3 atom stereocenters. The van der Waals surface area contributed by atoms with Crippen molar-refractivity contribution in [3.05, 3.63) is 60.2 Å². The topological polar surface area (TPSA) is 67.9 Å². The lowest BCUT2D eigenvalue weighted by Gasteiger charge is -2.25. The molecular formula is C23H24N2O4. The van der Waals surface area contributed by atoms with Gasteiger partial charge in [0.2, 0.25) is 5.91 Å². The summed E-state index contributed by atoms with van der Waals surface area (Å²) < 4.78 is 11.0. The monoisotopic (exact) mass is 392 g/mol. The molecule has 6 nitrogen and oxygen atoms in total. The van der Waals surface area contributed by atoms with E-state index in [9.17, 15) is 9.59 Å². The number of amides is 2. The van der Waals surface area contributed by atoms with E-state index in [0.29, 0.717) is 25.5 Å². The molecule has 2 saturated heterocycles. The van der Waals surface area contributed by atoms with Gasteiger partial charge >= 0.3 is 6.09 Å². The summed E-state index contributed by atoms with van der Waals surface area (Å²) in [6, 6.07) is 18.0. The zero-order valence-corrected chi connectivity index (χ0v) is 16.2. The predicted octanol–water partition coefficient (Wildman–Crippen LogP) is 3.32. The summed E-state index contributed by atoms with van der Waals surface area (Å²) in [4.78, 5) is 26.3. The lowest BCUT2D eigenvalue weighted by atomic mass is 9.94. The van der Waals surface area contributed by atoms with Crippen molar-refractivity contribution in [1.29, 1.82) is 0 Å². The largest absolute Gasteiger partial charge is 0.457 e. The minimum absolute atomic E-state index is 0.0379. The van der Waals surface area contributed by atoms with Gasteiger partial charge in [-0.15, -0.1) is 0 Å². The molecule has 6 heteroatoms. The fourth-order valence-corrected chi connectivity index (χ4v) is 4.71. The van der Waals surface area contributed by atoms with Gasteiger partial charge in [0, 0.05) is 25.0 Å². The van der Waals surface area contributed by atoms with Crippen LogP contribution in [-0.4, -0.2) is 43.1 Å². The first-order valence-electron chi connectivity index (χ1n) is 10.2. The third-order valence-corrected chi connectivity index (χ3v) is 6.39. The molecule has 0 radical (unpaired) electrons. The van der Waals surface area contributed by atoms with E-state index >= 15 is 0 Å². The summed E-state index contributed by atoms with van der Waals surface area (Å²) >= 11 is 0. The highest BCUT2D eigenvalue weighted by Gasteiger charge is 2.61. The van der Waals surface area contributed by atoms with E-state index in [1.54, 1.807) is 0 Å². The molecule has 2 heterocycles. The molecule has 2 aliphatic heterocycles. The van der Waals surface area contributed by atoms with Crippen molar-refractivity contribution in [2.24, 2.45) is 11.8 Å². The molecule has 150 valence electrons. The van der Waals surface area contributed by atoms with Crippen LogP contribution in [0.5, 0.6) is 11.5 Å². The van der Waals surface area contributed by atoms with Crippen LogP contribution < -0.4 is 10.1 Å². The molecule has 2 aromatic rings. The molecule has 0 bridgehead atoms. The van der Waals surface area contributed by atoms with Crippen LogP contribution in [0.1, 0.15) is 18.4 Å². The smallest absolute Gasteiger partial charge is 0.407 e. The molecule has 2 aromatic carbocycles. The molecule has 2 amide bonds. The summed E-state index contributed by atoms with van der Waals surface area (Å²) in [6.45, 7) is 2.17. The van der Waals surface area contributed by atoms with Crippen molar-refractivity contribution >= 4 is 12.0 Å². The normalized spacial score (nSPS) is 28.0. The van der Waals surface area contributed by atoms with E-state index in [1.165, 1.54) is 5.56 Å². The molecule has 5 rings (SSSR count). The molecule has 1 aliphatic carbocycles. The lowest BCUT2D eigenvalue weighted by molar-refractivity contribution is -0.135. The van der Waals surface area contributed by atoms with E-state index in [1.807, 2.05) is 47.4 Å². The molecular weight excluding hydrogens is 368 g/mol. The van der Waals surface area contributed by atoms with Crippen LogP contribution >= 0.6 is 0 Å². The first-order valence-corrected chi connectivity index (χ1v) is 10.2. The van der Waals surface area contributed by atoms with Gasteiger partial charge in [0.15, 0.2) is 0 Å². The average molecular weight is 392 g/mol. The number of alkyl carbamates (subject to hydrolysis) is 1. The number of fused-ring (bicyclic) bond motifs is 1. The van der Waals surface area contributed by atoms with E-state index in [-0.39, 0.29) is 17.2 Å². The van der Waals surface area contributed by atoms with Gasteiger partial charge in [-0.2, -0.15) is 0 Å². The van der Waals surface area contributed by atoms with Crippen LogP contribution in [0.3, 0.4) is 0 Å². The van der Waals surface area contributed by atoms with E-state index < -0.39 is 6.09 Å². The number of carbonyl (C=O) groups excluding carboxylic acids is 2. The van der Waals surface area contributed by atoms with Crippen molar-refractivity contribution < 1.29 is 19.1 Å². The van der Waals surface area contributed by atoms with Crippen molar-refractivity contribution in [1.82, 2.24) is 10.2 Å². The van der Waals surface area contributed by atoms with Gasteiger partial charge in [-0.3, -0.25) is 4.79 Å². The fraction of sp³-hybridized carbons (Fsp3) is 0.391. The Hall–Kier alpha value is -3.02. The fourth-order valence-electron chi connectivity index (χ4n) is 4.71. The maximum Gasteiger partial charge on any atom is 0.407 e. The van der Waals surface area contributed by atoms with Gasteiger partial charge in [-0.05, 0) is 48.6 Å². The lowest BCUT2D eigenvalue weighted by Crippen LogP contribution is -2.41. The SMILES string of the molecule is O=C1NC[C@H](C(=O)N2CC3CC3(c3cccc(Oc4ccccc4)c3)C2)CCO1. The number of hydrogen-bond acceptors (Lipinski definition) is 4. The zero-order chi connectivity index (χ0) is 19.8. The number of piperidine rings is 1. The van der Waals surface area contributed by atoms with Gasteiger partial charge in [-0.25, -0.2) is 4.79 Å². The van der Waals surface area contributed by atoms with Gasteiger partial charge in [0.05, 0.1) is 12.5 Å². The second-order valence-corrected chi connectivity index (χ2v) is 8.22. The maximum atomic E-state index is 13.0. The number of nitrogens with zero attached hydrogens (tertiary/aromatic N) is 1. The van der Waals surface area contributed by atoms with Crippen LogP contribution in [0.4, 0.5) is 4.79 Å². The van der Waals surface area contributed by atoms with Gasteiger partial charge < -0.3 is 19.7 Å². The number of hydrogen-bond donors (Lipinski definition) is 1. The third kappa shape index (κ3) is 3.43. The van der Waals surface area contributed by atoms with Crippen LogP contribution in [0.25, 0.3) is 0 Å². The Morgan fingerprint density at radius 3 is 2.83 bits per heavy atom. The van der Waals surface area contributed by atoms with Gasteiger partial charge in [0.1, 0.15) is 11.5 Å². The Bertz CT molecular complexity index is 931. The second kappa shape index (κ2) is 7.10. The molecule has 1 N–H and O–H groups in total. The first kappa shape index (κ1) is 18.0. The van der Waals surface area contributed by atoms with Crippen molar-refractivity contribution in [2.45, 2.75) is 18.3 Å². The highest BCUT2D eigenvalue weighted by atomic mass is 16.5. The quantitative estimate of drug-likeness (QED) is 0.867. The number of nitrogens with one attached hydrogen (secondary N) is 1. The number of likely N-dealkylation sites (tertiary alicyclic amines) is 1. The second-order valence-electron chi connectivity index (χ2n) is 8.22. The Labute approximate surface area is 169 Å². The summed E-state index contributed by atoms with van der Waals surface area (Å²) in [7, 11) is 0.